The Bertz CT molecular complexity index is 1240. The highest BCUT2D eigenvalue weighted by Gasteiger charge is 2.35. The fraction of sp³-hybridized carbons (Fsp3) is 0.333. The highest BCUT2D eigenvalue weighted by Crippen LogP contribution is 2.41. The minimum Gasteiger partial charge on any atom is -0.299 e. The van der Waals surface area contributed by atoms with Crippen molar-refractivity contribution in [2.75, 3.05) is 18.8 Å². The monoisotopic (exact) mass is 494 g/mol. The predicted molar refractivity (Wildman–Crippen MR) is 157 cm³/mol. The second kappa shape index (κ2) is 11.9. The van der Waals surface area contributed by atoms with E-state index in [-0.39, 0.29) is 15.9 Å². The van der Waals surface area contributed by atoms with Gasteiger partial charge >= 0.3 is 0 Å². The van der Waals surface area contributed by atoms with E-state index in [1.54, 1.807) is 0 Å². The minimum atomic E-state index is 0.106. The van der Waals surface area contributed by atoms with Crippen molar-refractivity contribution in [3.05, 3.63) is 102 Å². The van der Waals surface area contributed by atoms with E-state index in [4.69, 9.17) is 0 Å². The van der Waals surface area contributed by atoms with Gasteiger partial charge < -0.3 is 0 Å². The first kappa shape index (κ1) is 26.1. The van der Waals surface area contributed by atoms with Crippen LogP contribution in [-0.4, -0.2) is 29.6 Å². The summed E-state index contributed by atoms with van der Waals surface area (Å²) in [5, 5.41) is 9.26. The predicted octanol–water partition coefficient (Wildman–Crippen LogP) is 8.20. The molecule has 1 heterocycles. The molecule has 1 saturated heterocycles. The first-order valence-electron chi connectivity index (χ1n) is 13.0. The van der Waals surface area contributed by atoms with Crippen molar-refractivity contribution in [2.45, 2.75) is 56.4 Å². The molecule has 0 radical (unpaired) electrons. The number of hydrogen-bond acceptors (Lipinski definition) is 2. The number of allylic oxidation sites excluding steroid dienone is 1. The molecule has 0 aliphatic carbocycles. The van der Waals surface area contributed by atoms with Gasteiger partial charge in [0, 0.05) is 11.4 Å². The van der Waals surface area contributed by atoms with Gasteiger partial charge in [-0.3, -0.25) is 4.90 Å². The van der Waals surface area contributed by atoms with Crippen LogP contribution in [0.5, 0.6) is 0 Å². The number of piperidine rings is 1. The van der Waals surface area contributed by atoms with Gasteiger partial charge in [-0.2, -0.15) is 15.7 Å². The lowest BCUT2D eigenvalue weighted by molar-refractivity contribution is 0.145. The van der Waals surface area contributed by atoms with Crippen LogP contribution < -0.4 is 0 Å². The van der Waals surface area contributed by atoms with Crippen molar-refractivity contribution in [2.24, 2.45) is 0 Å². The average Bonchev–Trinajstić information content (AvgIpc) is 2.93. The van der Waals surface area contributed by atoms with E-state index in [0.29, 0.717) is 5.56 Å². The van der Waals surface area contributed by atoms with E-state index in [1.165, 1.54) is 40.0 Å². The standard InChI is InChI=1S/C33H38N2S/c1-5-36(4)32-15-9-27(10-16-32)25-35-21-19-33(20-22-35,18-17-26(2)3)31-13-11-29(12-14-31)30-8-6-7-28(23-30)24-34/h6-16,23H,2,4-5,17-22,25H2,1,3H3. The van der Waals surface area contributed by atoms with E-state index in [2.05, 4.69) is 91.9 Å². The van der Waals surface area contributed by atoms with Crippen molar-refractivity contribution in [1.82, 2.24) is 4.90 Å². The molecule has 0 bridgehead atoms. The number of likely N-dealkylation sites (tertiary alicyclic amines) is 1. The highest BCUT2D eigenvalue weighted by atomic mass is 32.2. The molecule has 36 heavy (non-hydrogen) atoms. The maximum Gasteiger partial charge on any atom is 0.0991 e. The van der Waals surface area contributed by atoms with E-state index >= 15 is 0 Å². The smallest absolute Gasteiger partial charge is 0.0991 e. The van der Waals surface area contributed by atoms with Crippen molar-refractivity contribution >= 4 is 16.4 Å². The molecule has 1 unspecified atom stereocenters. The van der Waals surface area contributed by atoms with Crippen LogP contribution in [0.15, 0.2) is 89.8 Å². The molecule has 1 atom stereocenters. The van der Waals surface area contributed by atoms with Gasteiger partial charge in [0.25, 0.3) is 0 Å². The maximum atomic E-state index is 9.26. The summed E-state index contributed by atoms with van der Waals surface area (Å²) in [6.07, 6.45) is 4.55. The number of hydrogen-bond donors (Lipinski definition) is 0. The molecule has 0 amide bonds. The minimum absolute atomic E-state index is 0.106. The van der Waals surface area contributed by atoms with Gasteiger partial charge in [0.1, 0.15) is 0 Å². The largest absolute Gasteiger partial charge is 0.299 e. The summed E-state index contributed by atoms with van der Waals surface area (Å²) in [7, 11) is 0.106. The number of nitriles is 1. The van der Waals surface area contributed by atoms with E-state index < -0.39 is 0 Å². The summed E-state index contributed by atoms with van der Waals surface area (Å²) in [6, 6.07) is 28.3. The zero-order chi connectivity index (χ0) is 25.5. The molecule has 1 aliphatic heterocycles. The SMILES string of the molecule is C=C(C)CCC1(c2ccc(-c3cccc(C#N)c3)cc2)CCN(Cc2ccc(S(=C)CC)cc2)CC1. The number of rotatable bonds is 9. The Kier molecular flexibility index (Phi) is 8.62. The lowest BCUT2D eigenvalue weighted by atomic mass is 9.69. The summed E-state index contributed by atoms with van der Waals surface area (Å²) < 4.78 is 0. The van der Waals surface area contributed by atoms with Gasteiger partial charge in [0.15, 0.2) is 0 Å². The molecule has 3 aromatic rings. The summed E-state index contributed by atoms with van der Waals surface area (Å²) in [5.74, 6) is 5.38. The van der Waals surface area contributed by atoms with Gasteiger partial charge in [-0.25, -0.2) is 0 Å². The van der Waals surface area contributed by atoms with Crippen molar-refractivity contribution in [3.8, 4) is 17.2 Å². The van der Waals surface area contributed by atoms with Crippen LogP contribution in [0.4, 0.5) is 0 Å². The second-order valence-corrected chi connectivity index (χ2v) is 12.2. The lowest BCUT2D eigenvalue weighted by Crippen LogP contribution is -2.42. The third-order valence-corrected chi connectivity index (χ3v) is 9.31. The zero-order valence-electron chi connectivity index (χ0n) is 21.8. The van der Waals surface area contributed by atoms with Crippen LogP contribution in [0.3, 0.4) is 0 Å². The third-order valence-electron chi connectivity index (χ3n) is 7.68. The average molecular weight is 495 g/mol. The van der Waals surface area contributed by atoms with E-state index in [0.717, 1.165) is 43.8 Å². The van der Waals surface area contributed by atoms with Crippen molar-refractivity contribution < 1.29 is 0 Å². The Morgan fingerprint density at radius 2 is 1.69 bits per heavy atom. The normalized spacial score (nSPS) is 16.2. The Labute approximate surface area is 220 Å². The van der Waals surface area contributed by atoms with Gasteiger partial charge in [-0.15, -0.1) is 6.58 Å². The third kappa shape index (κ3) is 6.25. The van der Waals surface area contributed by atoms with Crippen LogP contribution in [0, 0.1) is 11.3 Å². The van der Waals surface area contributed by atoms with Crippen LogP contribution in [0.25, 0.3) is 11.1 Å². The quantitative estimate of drug-likeness (QED) is 0.221. The molecule has 4 rings (SSSR count). The van der Waals surface area contributed by atoms with Crippen LogP contribution >= 0.6 is 10.5 Å². The second-order valence-electron chi connectivity index (χ2n) is 10.2. The van der Waals surface area contributed by atoms with Gasteiger partial charge in [0.05, 0.1) is 11.6 Å². The molecular weight excluding hydrogens is 456 g/mol. The van der Waals surface area contributed by atoms with Crippen LogP contribution in [0.1, 0.15) is 56.2 Å². The fourth-order valence-electron chi connectivity index (χ4n) is 5.27. The molecule has 3 aromatic carbocycles. The van der Waals surface area contributed by atoms with Crippen molar-refractivity contribution in [1.29, 1.82) is 5.26 Å². The molecule has 1 fully saturated rings. The summed E-state index contributed by atoms with van der Waals surface area (Å²) in [5.41, 5.74) is 7.25. The first-order valence-corrected chi connectivity index (χ1v) is 14.6. The number of benzene rings is 3. The Morgan fingerprint density at radius 3 is 2.31 bits per heavy atom. The topological polar surface area (TPSA) is 27.0 Å². The van der Waals surface area contributed by atoms with Gasteiger partial charge in [-0.1, -0.05) is 66.9 Å². The fourth-order valence-corrected chi connectivity index (χ4v) is 6.13. The molecule has 3 heteroatoms. The Hall–Kier alpha value is -2.93. The van der Waals surface area contributed by atoms with E-state index in [9.17, 15) is 5.26 Å². The summed E-state index contributed by atoms with van der Waals surface area (Å²) in [6.45, 7) is 11.8. The molecule has 0 aromatic heterocycles. The molecule has 0 spiro atoms. The van der Waals surface area contributed by atoms with Gasteiger partial charge in [-0.05, 0) is 103 Å². The van der Waals surface area contributed by atoms with Crippen LogP contribution in [-0.2, 0) is 12.0 Å². The molecule has 1 aliphatic rings. The lowest BCUT2D eigenvalue weighted by Gasteiger charge is -2.43. The highest BCUT2D eigenvalue weighted by molar-refractivity contribution is 8.14. The van der Waals surface area contributed by atoms with Crippen molar-refractivity contribution in [3.63, 3.8) is 0 Å². The number of nitrogens with zero attached hydrogens (tertiary/aromatic N) is 2. The maximum absolute atomic E-state index is 9.26. The molecule has 0 saturated carbocycles. The van der Waals surface area contributed by atoms with Gasteiger partial charge in [0.2, 0.25) is 0 Å². The Balaban J connectivity index is 1.48. The first-order chi connectivity index (χ1) is 17.4. The molecule has 186 valence electrons. The molecule has 2 nitrogen and oxygen atoms in total. The van der Waals surface area contributed by atoms with E-state index in [1.807, 2.05) is 18.2 Å². The van der Waals surface area contributed by atoms with Crippen LogP contribution in [0.2, 0.25) is 0 Å². The summed E-state index contributed by atoms with van der Waals surface area (Å²) in [4.78, 5) is 3.97. The summed E-state index contributed by atoms with van der Waals surface area (Å²) >= 11 is 0. The molecular formula is C33H38N2S. The Morgan fingerprint density at radius 1 is 1.00 bits per heavy atom. The zero-order valence-corrected chi connectivity index (χ0v) is 22.6. The molecule has 0 N–H and O–H groups in total.